The third kappa shape index (κ3) is 6.58. The highest BCUT2D eigenvalue weighted by Gasteiger charge is 2.07. The van der Waals surface area contributed by atoms with Crippen molar-refractivity contribution in [3.05, 3.63) is 57.5 Å². The normalized spacial score (nSPS) is 10.3. The smallest absolute Gasteiger partial charge is 0.271 e. The molecule has 0 saturated heterocycles. The van der Waals surface area contributed by atoms with Gasteiger partial charge in [-0.15, -0.1) is 0 Å². The largest absolute Gasteiger partial charge is 0.493 e. The van der Waals surface area contributed by atoms with Crippen molar-refractivity contribution in [1.29, 1.82) is 0 Å². The summed E-state index contributed by atoms with van der Waals surface area (Å²) in [7, 11) is 0. The molecule has 0 unspecified atom stereocenters. The van der Waals surface area contributed by atoms with Crippen LogP contribution in [0.15, 0.2) is 35.1 Å². The van der Waals surface area contributed by atoms with Gasteiger partial charge in [0, 0.05) is 25.6 Å². The van der Waals surface area contributed by atoms with Gasteiger partial charge in [-0.05, 0) is 37.5 Å². The number of aromatic amines is 1. The van der Waals surface area contributed by atoms with E-state index in [2.05, 4.69) is 20.8 Å². The Kier molecular flexibility index (Phi) is 7.54. The quantitative estimate of drug-likeness (QED) is 0.570. The molecule has 0 bridgehead atoms. The van der Waals surface area contributed by atoms with Crippen LogP contribution in [-0.4, -0.2) is 41.7 Å². The molecule has 1 aromatic carbocycles. The number of rotatable bonds is 9. The molecule has 2 rings (SSSR count). The Hall–Kier alpha value is -3.16. The second-order valence-corrected chi connectivity index (χ2v) is 6.09. The number of carbonyl (C=O) groups excluding carboxylic acids is 2. The van der Waals surface area contributed by atoms with Crippen molar-refractivity contribution in [2.24, 2.45) is 0 Å². The van der Waals surface area contributed by atoms with Gasteiger partial charge in [0.1, 0.15) is 11.4 Å². The SMILES string of the molecule is Cc1cccc(C)c1OCCCC(=O)NCCNC(=O)c1ccc(=O)[nH]n1. The van der Waals surface area contributed by atoms with Crippen LogP contribution in [0.3, 0.4) is 0 Å². The van der Waals surface area contributed by atoms with E-state index in [-0.39, 0.29) is 23.7 Å². The fraction of sp³-hybridized carbons (Fsp3) is 0.368. The molecule has 144 valence electrons. The number of aryl methyl sites for hydroxylation is 2. The van der Waals surface area contributed by atoms with Gasteiger partial charge in [-0.3, -0.25) is 14.4 Å². The summed E-state index contributed by atoms with van der Waals surface area (Å²) in [5, 5.41) is 11.2. The summed E-state index contributed by atoms with van der Waals surface area (Å²) in [4.78, 5) is 34.5. The number of aromatic nitrogens is 2. The third-order valence-corrected chi connectivity index (χ3v) is 3.85. The number of H-pyrrole nitrogens is 1. The number of amides is 2. The summed E-state index contributed by atoms with van der Waals surface area (Å²) in [5.74, 6) is 0.357. The summed E-state index contributed by atoms with van der Waals surface area (Å²) in [6.45, 7) is 5.03. The molecule has 0 aliphatic rings. The van der Waals surface area contributed by atoms with Crippen LogP contribution in [0, 0.1) is 13.8 Å². The van der Waals surface area contributed by atoms with Gasteiger partial charge in [-0.25, -0.2) is 5.10 Å². The van der Waals surface area contributed by atoms with E-state index in [1.54, 1.807) is 0 Å². The standard InChI is InChI=1S/C19H24N4O4/c1-13-5-3-6-14(2)18(13)27-12-4-7-16(24)20-10-11-21-19(26)15-8-9-17(25)23-22-15/h3,5-6,8-9H,4,7,10-12H2,1-2H3,(H,20,24)(H,21,26)(H,23,25). The van der Waals surface area contributed by atoms with Crippen LogP contribution in [0.4, 0.5) is 0 Å². The third-order valence-electron chi connectivity index (χ3n) is 3.85. The van der Waals surface area contributed by atoms with Gasteiger partial charge >= 0.3 is 0 Å². The van der Waals surface area contributed by atoms with E-state index in [1.165, 1.54) is 12.1 Å². The first-order valence-electron chi connectivity index (χ1n) is 8.77. The van der Waals surface area contributed by atoms with Crippen molar-refractivity contribution in [2.75, 3.05) is 19.7 Å². The van der Waals surface area contributed by atoms with Crippen LogP contribution in [0.25, 0.3) is 0 Å². The van der Waals surface area contributed by atoms with Crippen molar-refractivity contribution in [3.8, 4) is 5.75 Å². The van der Waals surface area contributed by atoms with E-state index in [1.807, 2.05) is 32.0 Å². The molecule has 0 fully saturated rings. The van der Waals surface area contributed by atoms with Gasteiger partial charge in [-0.1, -0.05) is 18.2 Å². The molecule has 1 heterocycles. The molecule has 1 aromatic heterocycles. The zero-order chi connectivity index (χ0) is 19.6. The molecule has 27 heavy (non-hydrogen) atoms. The monoisotopic (exact) mass is 372 g/mol. The predicted octanol–water partition coefficient (Wildman–Crippen LogP) is 1.09. The first kappa shape index (κ1) is 20.2. The summed E-state index contributed by atoms with van der Waals surface area (Å²) < 4.78 is 5.76. The number of ether oxygens (including phenoxy) is 1. The molecule has 0 aliphatic heterocycles. The lowest BCUT2D eigenvalue weighted by Gasteiger charge is -2.12. The lowest BCUT2D eigenvalue weighted by atomic mass is 10.1. The minimum Gasteiger partial charge on any atom is -0.493 e. The van der Waals surface area contributed by atoms with Crippen LogP contribution in [-0.2, 0) is 4.79 Å². The fourth-order valence-electron chi connectivity index (χ4n) is 2.46. The minimum absolute atomic E-state index is 0.100. The van der Waals surface area contributed by atoms with E-state index in [0.29, 0.717) is 26.0 Å². The number of hydrogen-bond acceptors (Lipinski definition) is 5. The maximum atomic E-state index is 11.8. The molecule has 0 spiro atoms. The molecule has 8 nitrogen and oxygen atoms in total. The number of para-hydroxylation sites is 1. The van der Waals surface area contributed by atoms with Gasteiger partial charge in [0.15, 0.2) is 0 Å². The van der Waals surface area contributed by atoms with E-state index in [9.17, 15) is 14.4 Å². The summed E-state index contributed by atoms with van der Waals surface area (Å²) >= 11 is 0. The van der Waals surface area contributed by atoms with Crippen LogP contribution in [0.2, 0.25) is 0 Å². The van der Waals surface area contributed by atoms with Gasteiger partial charge in [0.25, 0.3) is 11.5 Å². The molecular formula is C19H24N4O4. The molecule has 0 aliphatic carbocycles. The van der Waals surface area contributed by atoms with E-state index < -0.39 is 5.91 Å². The van der Waals surface area contributed by atoms with Gasteiger partial charge in [-0.2, -0.15) is 5.10 Å². The summed E-state index contributed by atoms with van der Waals surface area (Å²) in [6.07, 6.45) is 0.952. The highest BCUT2D eigenvalue weighted by Crippen LogP contribution is 2.22. The Morgan fingerprint density at radius 1 is 1.07 bits per heavy atom. The van der Waals surface area contributed by atoms with Crippen molar-refractivity contribution in [3.63, 3.8) is 0 Å². The number of hydrogen-bond donors (Lipinski definition) is 3. The zero-order valence-electron chi connectivity index (χ0n) is 15.5. The number of nitrogens with zero attached hydrogens (tertiary/aromatic N) is 1. The molecule has 8 heteroatoms. The predicted molar refractivity (Wildman–Crippen MR) is 101 cm³/mol. The molecule has 2 aromatic rings. The van der Waals surface area contributed by atoms with E-state index in [4.69, 9.17) is 4.74 Å². The van der Waals surface area contributed by atoms with Crippen LogP contribution >= 0.6 is 0 Å². The van der Waals surface area contributed by atoms with Crippen molar-refractivity contribution >= 4 is 11.8 Å². The Morgan fingerprint density at radius 2 is 1.78 bits per heavy atom. The van der Waals surface area contributed by atoms with Crippen LogP contribution in [0.5, 0.6) is 5.75 Å². The Bertz CT molecular complexity index is 807. The van der Waals surface area contributed by atoms with Crippen molar-refractivity contribution in [1.82, 2.24) is 20.8 Å². The molecule has 0 radical (unpaired) electrons. The lowest BCUT2D eigenvalue weighted by Crippen LogP contribution is -2.35. The average Bonchev–Trinajstić information content (AvgIpc) is 2.64. The highest BCUT2D eigenvalue weighted by atomic mass is 16.5. The van der Waals surface area contributed by atoms with Gasteiger partial charge in [0.2, 0.25) is 5.91 Å². The molecule has 0 saturated carbocycles. The molecular weight excluding hydrogens is 348 g/mol. The number of benzene rings is 1. The topological polar surface area (TPSA) is 113 Å². The van der Waals surface area contributed by atoms with Crippen LogP contribution < -0.4 is 20.9 Å². The van der Waals surface area contributed by atoms with Crippen molar-refractivity contribution < 1.29 is 14.3 Å². The molecule has 0 atom stereocenters. The number of nitrogens with one attached hydrogen (secondary N) is 3. The summed E-state index contributed by atoms with van der Waals surface area (Å²) in [6, 6.07) is 8.53. The Balaban J connectivity index is 1.59. The van der Waals surface area contributed by atoms with Gasteiger partial charge in [0.05, 0.1) is 6.61 Å². The first-order valence-corrected chi connectivity index (χ1v) is 8.77. The lowest BCUT2D eigenvalue weighted by molar-refractivity contribution is -0.121. The maximum absolute atomic E-state index is 11.8. The van der Waals surface area contributed by atoms with E-state index >= 15 is 0 Å². The van der Waals surface area contributed by atoms with Crippen LogP contribution in [0.1, 0.15) is 34.5 Å². The first-order chi connectivity index (χ1) is 13.0. The zero-order valence-corrected chi connectivity index (χ0v) is 15.5. The second kappa shape index (κ2) is 10.1. The average molecular weight is 372 g/mol. The van der Waals surface area contributed by atoms with Gasteiger partial charge < -0.3 is 15.4 Å². The Morgan fingerprint density at radius 3 is 2.44 bits per heavy atom. The highest BCUT2D eigenvalue weighted by molar-refractivity contribution is 5.91. The number of carbonyl (C=O) groups is 2. The minimum atomic E-state index is -0.414. The molecule has 3 N–H and O–H groups in total. The fourth-order valence-corrected chi connectivity index (χ4v) is 2.46. The van der Waals surface area contributed by atoms with E-state index in [0.717, 1.165) is 16.9 Å². The second-order valence-electron chi connectivity index (χ2n) is 6.09. The van der Waals surface area contributed by atoms with Crippen molar-refractivity contribution in [2.45, 2.75) is 26.7 Å². The molecule has 2 amide bonds. The Labute approximate surface area is 157 Å². The maximum Gasteiger partial charge on any atom is 0.271 e. The summed E-state index contributed by atoms with van der Waals surface area (Å²) in [5.41, 5.74) is 1.89.